The van der Waals surface area contributed by atoms with Gasteiger partial charge in [-0.25, -0.2) is 0 Å². The van der Waals surface area contributed by atoms with E-state index in [0.717, 1.165) is 50.2 Å². The molecule has 2 aromatic carbocycles. The van der Waals surface area contributed by atoms with Crippen molar-refractivity contribution in [2.24, 2.45) is 0 Å². The highest BCUT2D eigenvalue weighted by Crippen LogP contribution is 2.30. The van der Waals surface area contributed by atoms with Gasteiger partial charge in [0, 0.05) is 28.3 Å². The molecular weight excluding hydrogens is 516 g/mol. The van der Waals surface area contributed by atoms with E-state index in [0.29, 0.717) is 10.8 Å². The Morgan fingerprint density at radius 3 is 2.64 bits per heavy atom. The van der Waals surface area contributed by atoms with Crippen LogP contribution in [0, 0.1) is 13.8 Å². The maximum absolute atomic E-state index is 12.7. The number of carbonyl (C=O) groups is 1. The Morgan fingerprint density at radius 1 is 1.08 bits per heavy atom. The van der Waals surface area contributed by atoms with Crippen LogP contribution in [-0.4, -0.2) is 30.8 Å². The fourth-order valence-corrected chi connectivity index (χ4v) is 4.80. The average Bonchev–Trinajstić information content (AvgIpc) is 3.58. The van der Waals surface area contributed by atoms with Gasteiger partial charge in [-0.3, -0.25) is 10.1 Å². The van der Waals surface area contributed by atoms with Crippen LogP contribution < -0.4 is 10.6 Å². The zero-order chi connectivity index (χ0) is 25.4. The van der Waals surface area contributed by atoms with Crippen LogP contribution in [0.1, 0.15) is 34.4 Å². The predicted molar refractivity (Wildman–Crippen MR) is 146 cm³/mol. The number of furan rings is 1. The van der Waals surface area contributed by atoms with Crippen LogP contribution in [0.3, 0.4) is 0 Å². The van der Waals surface area contributed by atoms with Crippen molar-refractivity contribution >= 4 is 56.8 Å². The largest absolute Gasteiger partial charge is 0.451 e. The number of anilines is 1. The molecule has 0 aliphatic rings. The van der Waals surface area contributed by atoms with Gasteiger partial charge in [0.25, 0.3) is 5.91 Å². The first-order valence-corrected chi connectivity index (χ1v) is 12.7. The Hall–Kier alpha value is -3.60. The minimum absolute atomic E-state index is 0.141. The second-order valence-corrected chi connectivity index (χ2v) is 9.91. The number of thiocarbonyl (C=S) groups is 1. The molecule has 0 saturated heterocycles. The third kappa shape index (κ3) is 4.75. The molecule has 0 spiro atoms. The number of benzene rings is 2. The van der Waals surface area contributed by atoms with Crippen LogP contribution >= 0.6 is 35.2 Å². The van der Waals surface area contributed by atoms with Gasteiger partial charge < -0.3 is 9.73 Å². The zero-order valence-electron chi connectivity index (χ0n) is 19.6. The number of hydrogen-bond acceptors (Lipinski definition) is 7. The topological polar surface area (TPSA) is 97.3 Å². The summed E-state index contributed by atoms with van der Waals surface area (Å²) in [5.41, 5.74) is 4.38. The maximum atomic E-state index is 12.7. The Morgan fingerprint density at radius 2 is 1.86 bits per heavy atom. The van der Waals surface area contributed by atoms with Crippen LogP contribution in [0.15, 0.2) is 52.9 Å². The van der Waals surface area contributed by atoms with E-state index in [9.17, 15) is 4.79 Å². The summed E-state index contributed by atoms with van der Waals surface area (Å²) in [6.07, 6.45) is 0.745. The number of aryl methyl sites for hydroxylation is 3. The molecule has 0 unspecified atom stereocenters. The molecule has 0 fully saturated rings. The maximum Gasteiger partial charge on any atom is 0.293 e. The van der Waals surface area contributed by atoms with Gasteiger partial charge in [-0.1, -0.05) is 54.1 Å². The van der Waals surface area contributed by atoms with Crippen LogP contribution in [0.5, 0.6) is 0 Å². The smallest absolute Gasteiger partial charge is 0.293 e. The van der Waals surface area contributed by atoms with Gasteiger partial charge in [0.2, 0.25) is 4.96 Å². The highest BCUT2D eigenvalue weighted by atomic mass is 35.5. The molecule has 8 nitrogen and oxygen atoms in total. The molecule has 5 aromatic rings. The monoisotopic (exact) mass is 536 g/mol. The summed E-state index contributed by atoms with van der Waals surface area (Å²) in [6.45, 7) is 5.89. The Balaban J connectivity index is 1.29. The first kappa shape index (κ1) is 24.1. The predicted octanol–water partition coefficient (Wildman–Crippen LogP) is 6.07. The normalized spacial score (nSPS) is 11.1. The quantitative estimate of drug-likeness (QED) is 0.263. The van der Waals surface area contributed by atoms with Crippen molar-refractivity contribution in [3.05, 3.63) is 76.3 Å². The molecule has 0 bridgehead atoms. The number of amides is 1. The summed E-state index contributed by atoms with van der Waals surface area (Å²) in [6, 6.07) is 14.8. The van der Waals surface area contributed by atoms with E-state index in [1.165, 1.54) is 11.3 Å². The van der Waals surface area contributed by atoms with E-state index in [2.05, 4.69) is 25.9 Å². The highest BCUT2D eigenvalue weighted by molar-refractivity contribution is 7.80. The van der Waals surface area contributed by atoms with Crippen molar-refractivity contribution in [2.75, 3.05) is 5.32 Å². The molecule has 1 amide bonds. The minimum atomic E-state index is -0.452. The molecule has 3 heterocycles. The molecule has 2 N–H and O–H groups in total. The number of aromatic nitrogens is 4. The van der Waals surface area contributed by atoms with E-state index in [-0.39, 0.29) is 10.9 Å². The van der Waals surface area contributed by atoms with Gasteiger partial charge in [0.1, 0.15) is 10.8 Å². The van der Waals surface area contributed by atoms with Gasteiger partial charge >= 0.3 is 0 Å². The number of nitrogens with zero attached hydrogens (tertiary/aromatic N) is 4. The van der Waals surface area contributed by atoms with Crippen molar-refractivity contribution in [1.82, 2.24) is 25.1 Å². The molecule has 11 heteroatoms. The van der Waals surface area contributed by atoms with E-state index in [1.807, 2.05) is 51.1 Å². The third-order valence-corrected chi connectivity index (χ3v) is 7.18. The average molecular weight is 537 g/mol. The van der Waals surface area contributed by atoms with Gasteiger partial charge in [0.15, 0.2) is 16.7 Å². The second kappa shape index (κ2) is 9.81. The number of nitrogens with one attached hydrogen (secondary N) is 2. The molecule has 36 heavy (non-hydrogen) atoms. The molecule has 0 atom stereocenters. The number of hydrogen-bond donors (Lipinski definition) is 2. The first-order valence-electron chi connectivity index (χ1n) is 11.1. The highest BCUT2D eigenvalue weighted by Gasteiger charge is 2.16. The molecule has 0 aliphatic heterocycles. The van der Waals surface area contributed by atoms with Gasteiger partial charge in [-0.2, -0.15) is 9.61 Å². The lowest BCUT2D eigenvalue weighted by molar-refractivity contribution is 0.0951. The van der Waals surface area contributed by atoms with Gasteiger partial charge in [0.05, 0.1) is 0 Å². The van der Waals surface area contributed by atoms with E-state index >= 15 is 0 Å². The Bertz CT molecular complexity index is 1620. The molecule has 3 aromatic heterocycles. The molecule has 0 saturated carbocycles. The summed E-state index contributed by atoms with van der Waals surface area (Å²) < 4.78 is 7.50. The van der Waals surface area contributed by atoms with Crippen LogP contribution in [-0.2, 0) is 6.42 Å². The summed E-state index contributed by atoms with van der Waals surface area (Å²) in [4.78, 5) is 13.5. The van der Waals surface area contributed by atoms with Crippen LogP contribution in [0.4, 0.5) is 5.69 Å². The fraction of sp³-hybridized carbons (Fsp3) is 0.160. The number of fused-ring (bicyclic) bond motifs is 1. The molecule has 0 radical (unpaired) electrons. The standard InChI is InChI=1S/C25H21ClN6O2S2/c1-4-21-29-30-25-32(21)31-23(36-25)16-8-6-14(3)18(12-16)27-24(35)28-22(33)20-10-9-19(34-20)15-7-5-13(2)17(26)11-15/h5-12H,4H2,1-3H3,(H2,27,28,33,35). The van der Waals surface area contributed by atoms with Gasteiger partial charge in [-0.05, 0) is 61.5 Å². The number of rotatable bonds is 5. The van der Waals surface area contributed by atoms with Crippen molar-refractivity contribution < 1.29 is 9.21 Å². The second-order valence-electron chi connectivity index (χ2n) is 8.14. The van der Waals surface area contributed by atoms with Crippen molar-refractivity contribution in [3.8, 4) is 21.9 Å². The first-order chi connectivity index (χ1) is 17.3. The lowest BCUT2D eigenvalue weighted by Crippen LogP contribution is -2.34. The SMILES string of the molecule is CCc1nnc2sc(-c3ccc(C)c(NC(=S)NC(=O)c4ccc(-c5ccc(C)c(Cl)c5)o4)c3)nn12. The van der Waals surface area contributed by atoms with E-state index < -0.39 is 5.91 Å². The van der Waals surface area contributed by atoms with Crippen molar-refractivity contribution in [1.29, 1.82) is 0 Å². The fourth-order valence-electron chi connectivity index (χ4n) is 3.56. The van der Waals surface area contributed by atoms with Crippen LogP contribution in [0.25, 0.3) is 26.9 Å². The zero-order valence-corrected chi connectivity index (χ0v) is 22.0. The number of halogens is 1. The van der Waals surface area contributed by atoms with E-state index in [4.69, 9.17) is 28.2 Å². The summed E-state index contributed by atoms with van der Waals surface area (Å²) in [5.74, 6) is 1.04. The summed E-state index contributed by atoms with van der Waals surface area (Å²) in [5, 5.41) is 20.3. The molecule has 5 rings (SSSR count). The lowest BCUT2D eigenvalue weighted by Gasteiger charge is -2.12. The third-order valence-electron chi connectivity index (χ3n) is 5.62. The lowest BCUT2D eigenvalue weighted by atomic mass is 10.1. The Labute approximate surface area is 221 Å². The Kier molecular flexibility index (Phi) is 6.57. The van der Waals surface area contributed by atoms with Crippen molar-refractivity contribution in [3.63, 3.8) is 0 Å². The summed E-state index contributed by atoms with van der Waals surface area (Å²) in [7, 11) is 0. The van der Waals surface area contributed by atoms with Crippen molar-refractivity contribution in [2.45, 2.75) is 27.2 Å². The molecule has 0 aliphatic carbocycles. The number of carbonyl (C=O) groups excluding carboxylic acids is 1. The van der Waals surface area contributed by atoms with Crippen LogP contribution in [0.2, 0.25) is 5.02 Å². The van der Waals surface area contributed by atoms with Gasteiger partial charge in [-0.15, -0.1) is 10.2 Å². The molecular formula is C25H21ClN6O2S2. The summed E-state index contributed by atoms with van der Waals surface area (Å²) >= 11 is 13.1. The van der Waals surface area contributed by atoms with E-state index in [1.54, 1.807) is 22.7 Å². The molecule has 182 valence electrons. The minimum Gasteiger partial charge on any atom is -0.451 e.